The molecule has 1 aliphatic rings. The van der Waals surface area contributed by atoms with Gasteiger partial charge in [0.05, 0.1) is 12.7 Å². The summed E-state index contributed by atoms with van der Waals surface area (Å²) in [5.41, 5.74) is 8.02. The maximum Gasteiger partial charge on any atom is 0.186 e. The first kappa shape index (κ1) is 13.2. The van der Waals surface area contributed by atoms with Gasteiger partial charge in [0.25, 0.3) is 0 Å². The molecule has 0 aromatic rings. The Balaban J connectivity index is 2.44. The van der Waals surface area contributed by atoms with Crippen molar-refractivity contribution in [3.8, 4) is 0 Å². The first-order chi connectivity index (χ1) is 7.57. The second kappa shape index (κ2) is 6.00. The van der Waals surface area contributed by atoms with Crippen LogP contribution in [0.3, 0.4) is 0 Å². The summed E-state index contributed by atoms with van der Waals surface area (Å²) in [5.74, 6) is 0. The van der Waals surface area contributed by atoms with Crippen molar-refractivity contribution < 1.29 is 24.8 Å². The smallest absolute Gasteiger partial charge is 0.186 e. The zero-order valence-corrected chi connectivity index (χ0v) is 8.80. The second-order valence-corrected chi connectivity index (χ2v) is 3.51. The maximum absolute atomic E-state index is 9.52. The van der Waals surface area contributed by atoms with Crippen LogP contribution in [0.2, 0.25) is 0 Å². The van der Waals surface area contributed by atoms with Crippen LogP contribution < -0.4 is 0 Å². The van der Waals surface area contributed by atoms with Crippen molar-refractivity contribution in [3.05, 3.63) is 10.4 Å². The van der Waals surface area contributed by atoms with E-state index in [2.05, 4.69) is 10.0 Å². The minimum Gasteiger partial charge on any atom is -0.388 e. The van der Waals surface area contributed by atoms with Gasteiger partial charge in [0.2, 0.25) is 0 Å². The standard InChI is InChI=1S/C8H15N3O5/c1-4-5(12)6(13)7(14)8(16-4)15-3-2-10-11-9/h4-8,12-14H,2-3H2,1H3/t4-,5-,6-,7-,8+/m0/s1. The van der Waals surface area contributed by atoms with Gasteiger partial charge in [-0.1, -0.05) is 5.11 Å². The highest BCUT2D eigenvalue weighted by Crippen LogP contribution is 2.21. The summed E-state index contributed by atoms with van der Waals surface area (Å²) in [4.78, 5) is 2.53. The SMILES string of the molecule is C[C@@H]1O[C@@H](OCCN=[N+]=[N-])[C@@H](O)[C@@H](O)[C@H]1O. The molecule has 0 aromatic heterocycles. The average Bonchev–Trinajstić information content (AvgIpc) is 2.28. The molecule has 0 amide bonds. The van der Waals surface area contributed by atoms with E-state index >= 15 is 0 Å². The number of ether oxygens (including phenoxy) is 2. The molecule has 0 radical (unpaired) electrons. The Morgan fingerprint density at radius 1 is 1.31 bits per heavy atom. The van der Waals surface area contributed by atoms with E-state index in [9.17, 15) is 15.3 Å². The van der Waals surface area contributed by atoms with Crippen LogP contribution in [0.1, 0.15) is 6.92 Å². The van der Waals surface area contributed by atoms with Crippen LogP contribution in [0.5, 0.6) is 0 Å². The lowest BCUT2D eigenvalue weighted by atomic mass is 10.0. The topological polar surface area (TPSA) is 128 Å². The van der Waals surface area contributed by atoms with Crippen LogP contribution in [-0.4, -0.2) is 59.2 Å². The normalized spacial score (nSPS) is 39.1. The van der Waals surface area contributed by atoms with Crippen molar-refractivity contribution >= 4 is 0 Å². The molecule has 3 N–H and O–H groups in total. The number of aliphatic hydroxyl groups is 3. The van der Waals surface area contributed by atoms with Gasteiger partial charge in [0, 0.05) is 11.5 Å². The highest BCUT2D eigenvalue weighted by atomic mass is 16.7. The summed E-state index contributed by atoms with van der Waals surface area (Å²) >= 11 is 0. The number of aliphatic hydroxyl groups excluding tert-OH is 3. The van der Waals surface area contributed by atoms with E-state index in [1.54, 1.807) is 6.92 Å². The Kier molecular flexibility index (Phi) is 4.94. The first-order valence-electron chi connectivity index (χ1n) is 4.90. The van der Waals surface area contributed by atoms with Crippen molar-refractivity contribution in [2.75, 3.05) is 13.2 Å². The molecule has 0 aromatic carbocycles. The van der Waals surface area contributed by atoms with Gasteiger partial charge in [0.1, 0.15) is 18.3 Å². The number of hydrogen-bond acceptors (Lipinski definition) is 6. The molecule has 1 aliphatic heterocycles. The lowest BCUT2D eigenvalue weighted by molar-refractivity contribution is -0.292. The largest absolute Gasteiger partial charge is 0.388 e. The Bertz CT molecular complexity index is 270. The summed E-state index contributed by atoms with van der Waals surface area (Å²) in [7, 11) is 0. The quantitative estimate of drug-likeness (QED) is 0.252. The Morgan fingerprint density at radius 3 is 2.62 bits per heavy atom. The molecule has 1 rings (SSSR count). The molecule has 8 nitrogen and oxygen atoms in total. The van der Waals surface area contributed by atoms with E-state index in [0.29, 0.717) is 0 Å². The lowest BCUT2D eigenvalue weighted by Gasteiger charge is -2.38. The van der Waals surface area contributed by atoms with E-state index < -0.39 is 30.7 Å². The van der Waals surface area contributed by atoms with Crippen LogP contribution in [0.4, 0.5) is 0 Å². The molecule has 1 saturated heterocycles. The predicted octanol–water partition coefficient (Wildman–Crippen LogP) is -0.859. The highest BCUT2D eigenvalue weighted by molar-refractivity contribution is 4.87. The number of rotatable bonds is 4. The van der Waals surface area contributed by atoms with Gasteiger partial charge in [-0.3, -0.25) is 0 Å². The summed E-state index contributed by atoms with van der Waals surface area (Å²) in [6, 6.07) is 0. The van der Waals surface area contributed by atoms with E-state index in [0.717, 1.165) is 0 Å². The summed E-state index contributed by atoms with van der Waals surface area (Å²) in [6.45, 7) is 1.74. The fraction of sp³-hybridized carbons (Fsp3) is 1.00. The zero-order chi connectivity index (χ0) is 12.1. The van der Waals surface area contributed by atoms with Gasteiger partial charge in [-0.25, -0.2) is 0 Å². The van der Waals surface area contributed by atoms with Gasteiger partial charge in [-0.15, -0.1) is 0 Å². The van der Waals surface area contributed by atoms with E-state index in [-0.39, 0.29) is 13.2 Å². The van der Waals surface area contributed by atoms with E-state index in [1.807, 2.05) is 0 Å². The van der Waals surface area contributed by atoms with Crippen LogP contribution in [0, 0.1) is 0 Å². The van der Waals surface area contributed by atoms with Gasteiger partial charge >= 0.3 is 0 Å². The monoisotopic (exact) mass is 233 g/mol. The van der Waals surface area contributed by atoms with Crippen LogP contribution in [0.15, 0.2) is 5.11 Å². The molecule has 0 unspecified atom stereocenters. The molecule has 1 fully saturated rings. The molecule has 1 heterocycles. The summed E-state index contributed by atoms with van der Waals surface area (Å²) in [6.07, 6.45) is -5.44. The van der Waals surface area contributed by atoms with E-state index in [4.69, 9.17) is 15.0 Å². The fourth-order valence-electron chi connectivity index (χ4n) is 1.41. The van der Waals surface area contributed by atoms with Gasteiger partial charge in [-0.05, 0) is 12.5 Å². The van der Waals surface area contributed by atoms with Crippen molar-refractivity contribution in [2.24, 2.45) is 5.11 Å². The van der Waals surface area contributed by atoms with Crippen molar-refractivity contribution in [3.63, 3.8) is 0 Å². The molecule has 0 aliphatic carbocycles. The third kappa shape index (κ3) is 3.05. The summed E-state index contributed by atoms with van der Waals surface area (Å²) < 4.78 is 10.2. The molecule has 0 saturated carbocycles. The Morgan fingerprint density at radius 2 is 2.00 bits per heavy atom. The molecular formula is C8H15N3O5. The van der Waals surface area contributed by atoms with Crippen LogP contribution >= 0.6 is 0 Å². The molecule has 0 spiro atoms. The Hall–Kier alpha value is -0.890. The van der Waals surface area contributed by atoms with Gasteiger partial charge in [0.15, 0.2) is 6.29 Å². The second-order valence-electron chi connectivity index (χ2n) is 3.51. The van der Waals surface area contributed by atoms with Gasteiger partial charge < -0.3 is 24.8 Å². The van der Waals surface area contributed by atoms with Crippen LogP contribution in [-0.2, 0) is 9.47 Å². The summed E-state index contributed by atoms with van der Waals surface area (Å²) in [5, 5.41) is 31.6. The van der Waals surface area contributed by atoms with E-state index in [1.165, 1.54) is 0 Å². The third-order valence-corrected chi connectivity index (χ3v) is 2.35. The minimum atomic E-state index is -1.32. The molecule has 8 heteroatoms. The fourth-order valence-corrected chi connectivity index (χ4v) is 1.41. The zero-order valence-electron chi connectivity index (χ0n) is 8.80. The maximum atomic E-state index is 9.52. The van der Waals surface area contributed by atoms with Crippen molar-refractivity contribution in [1.29, 1.82) is 0 Å². The van der Waals surface area contributed by atoms with Gasteiger partial charge in [-0.2, -0.15) is 0 Å². The average molecular weight is 233 g/mol. The third-order valence-electron chi connectivity index (χ3n) is 2.35. The molecule has 16 heavy (non-hydrogen) atoms. The minimum absolute atomic E-state index is 0.0708. The molecule has 92 valence electrons. The van der Waals surface area contributed by atoms with Crippen molar-refractivity contribution in [2.45, 2.75) is 37.6 Å². The van der Waals surface area contributed by atoms with Crippen LogP contribution in [0.25, 0.3) is 10.4 Å². The number of hydrogen-bond donors (Lipinski definition) is 3. The first-order valence-corrected chi connectivity index (χ1v) is 4.90. The number of nitrogens with zero attached hydrogens (tertiary/aromatic N) is 3. The molecular weight excluding hydrogens is 218 g/mol. The lowest BCUT2D eigenvalue weighted by Crippen LogP contribution is -2.57. The number of azide groups is 1. The Labute approximate surface area is 92.0 Å². The predicted molar refractivity (Wildman–Crippen MR) is 52.3 cm³/mol. The molecule has 5 atom stereocenters. The highest BCUT2D eigenvalue weighted by Gasteiger charge is 2.42. The molecule has 0 bridgehead atoms. The van der Waals surface area contributed by atoms with Crippen molar-refractivity contribution in [1.82, 2.24) is 0 Å².